The molecular weight excluding hydrogens is 224 g/mol. The molecule has 0 bridgehead atoms. The topological polar surface area (TPSA) is 29.1 Å². The molecule has 17 heavy (non-hydrogen) atoms. The molecule has 0 unspecified atom stereocenters. The van der Waals surface area contributed by atoms with Crippen molar-refractivity contribution in [2.24, 2.45) is 0 Å². The molecule has 4 heteroatoms. The predicted molar refractivity (Wildman–Crippen MR) is 63.1 cm³/mol. The number of Topliss-reactive ketones (excluding diaryl/α,β-unsaturated/α-hetero) is 1. The van der Waals surface area contributed by atoms with Crippen LogP contribution >= 0.6 is 0 Å². The van der Waals surface area contributed by atoms with Gasteiger partial charge in [0.15, 0.2) is 17.4 Å². The molecule has 94 valence electrons. The minimum absolute atomic E-state index is 0.158. The van der Waals surface area contributed by atoms with E-state index in [-0.39, 0.29) is 17.8 Å². The Balaban J connectivity index is 2.50. The Labute approximate surface area is 100 Å². The third kappa shape index (κ3) is 4.23. The Hall–Kier alpha value is -1.29. The molecule has 0 heterocycles. The number of benzene rings is 1. The average Bonchev–Trinajstić information content (AvgIpc) is 2.27. The van der Waals surface area contributed by atoms with Gasteiger partial charge in [-0.25, -0.2) is 8.78 Å². The van der Waals surface area contributed by atoms with Gasteiger partial charge < -0.3 is 5.32 Å². The lowest BCUT2D eigenvalue weighted by molar-refractivity contribution is 0.0975. The van der Waals surface area contributed by atoms with Crippen molar-refractivity contribution in [3.8, 4) is 0 Å². The highest BCUT2D eigenvalue weighted by molar-refractivity contribution is 5.96. The second-order valence-corrected chi connectivity index (χ2v) is 4.24. The highest BCUT2D eigenvalue weighted by Gasteiger charge is 2.14. The van der Waals surface area contributed by atoms with Crippen LogP contribution in [0.4, 0.5) is 8.78 Å². The molecule has 1 aromatic rings. The van der Waals surface area contributed by atoms with Crippen molar-refractivity contribution in [2.45, 2.75) is 32.7 Å². The zero-order valence-electron chi connectivity index (χ0n) is 10.1. The maximum absolute atomic E-state index is 13.3. The van der Waals surface area contributed by atoms with Gasteiger partial charge in [0.2, 0.25) is 0 Å². The summed E-state index contributed by atoms with van der Waals surface area (Å²) >= 11 is 0. The molecule has 0 atom stereocenters. The number of rotatable bonds is 6. The third-order valence-corrected chi connectivity index (χ3v) is 2.39. The van der Waals surface area contributed by atoms with Crippen LogP contribution in [0, 0.1) is 11.6 Å². The maximum atomic E-state index is 13.3. The van der Waals surface area contributed by atoms with E-state index in [0.29, 0.717) is 19.0 Å². The van der Waals surface area contributed by atoms with Crippen LogP contribution in [0.3, 0.4) is 0 Å². The third-order valence-electron chi connectivity index (χ3n) is 2.39. The molecule has 0 radical (unpaired) electrons. The number of halogens is 2. The summed E-state index contributed by atoms with van der Waals surface area (Å²) in [6, 6.07) is 4.03. The van der Waals surface area contributed by atoms with Gasteiger partial charge in [0, 0.05) is 12.5 Å². The van der Waals surface area contributed by atoms with Crippen molar-refractivity contribution in [1.29, 1.82) is 0 Å². The summed E-state index contributed by atoms with van der Waals surface area (Å²) in [6.45, 7) is 4.71. The van der Waals surface area contributed by atoms with Gasteiger partial charge >= 0.3 is 0 Å². The number of carbonyl (C=O) groups is 1. The van der Waals surface area contributed by atoms with Gasteiger partial charge in [0.25, 0.3) is 0 Å². The van der Waals surface area contributed by atoms with Gasteiger partial charge in [-0.1, -0.05) is 19.9 Å². The molecule has 0 fully saturated rings. The van der Waals surface area contributed by atoms with Crippen molar-refractivity contribution in [1.82, 2.24) is 5.32 Å². The first-order valence-electron chi connectivity index (χ1n) is 5.73. The number of nitrogens with one attached hydrogen (secondary N) is 1. The van der Waals surface area contributed by atoms with Crippen molar-refractivity contribution >= 4 is 5.78 Å². The van der Waals surface area contributed by atoms with Crippen molar-refractivity contribution in [2.75, 3.05) is 6.54 Å². The molecule has 1 rings (SSSR count). The Bertz CT molecular complexity index is 391. The first kappa shape index (κ1) is 13.8. The summed E-state index contributed by atoms with van der Waals surface area (Å²) in [5, 5.41) is 3.16. The Morgan fingerprint density at radius 3 is 2.71 bits per heavy atom. The number of carbonyl (C=O) groups excluding carboxylic acids is 1. The molecule has 0 saturated carbocycles. The zero-order chi connectivity index (χ0) is 12.8. The molecule has 0 aliphatic carbocycles. The van der Waals surface area contributed by atoms with Gasteiger partial charge in [-0.2, -0.15) is 0 Å². The van der Waals surface area contributed by atoms with E-state index in [0.717, 1.165) is 6.07 Å². The second kappa shape index (κ2) is 6.45. The van der Waals surface area contributed by atoms with E-state index < -0.39 is 11.6 Å². The van der Waals surface area contributed by atoms with Crippen LogP contribution in [0.2, 0.25) is 0 Å². The van der Waals surface area contributed by atoms with Crippen LogP contribution in [-0.4, -0.2) is 18.4 Å². The van der Waals surface area contributed by atoms with Crippen LogP contribution in [-0.2, 0) is 0 Å². The summed E-state index contributed by atoms with van der Waals surface area (Å²) in [5.74, 6) is -2.38. The number of hydrogen-bond donors (Lipinski definition) is 1. The molecule has 2 nitrogen and oxygen atoms in total. The van der Waals surface area contributed by atoms with E-state index in [9.17, 15) is 13.6 Å². The van der Waals surface area contributed by atoms with Crippen LogP contribution in [0.1, 0.15) is 37.0 Å². The molecule has 1 N–H and O–H groups in total. The summed E-state index contributed by atoms with van der Waals surface area (Å²) < 4.78 is 26.2. The number of ketones is 1. The van der Waals surface area contributed by atoms with Gasteiger partial charge in [0.05, 0.1) is 5.56 Å². The SMILES string of the molecule is CC(C)NCCCC(=O)c1cccc(F)c1F. The quantitative estimate of drug-likeness (QED) is 0.613. The van der Waals surface area contributed by atoms with Gasteiger partial charge in [-0.3, -0.25) is 4.79 Å². The van der Waals surface area contributed by atoms with E-state index in [1.54, 1.807) is 0 Å². The average molecular weight is 241 g/mol. The fraction of sp³-hybridized carbons (Fsp3) is 0.462. The Kier molecular flexibility index (Phi) is 5.22. The fourth-order valence-electron chi connectivity index (χ4n) is 1.49. The Morgan fingerprint density at radius 1 is 1.35 bits per heavy atom. The lowest BCUT2D eigenvalue weighted by atomic mass is 10.1. The molecule has 0 aliphatic rings. The molecule has 0 saturated heterocycles. The minimum Gasteiger partial charge on any atom is -0.315 e. The van der Waals surface area contributed by atoms with Gasteiger partial charge in [-0.15, -0.1) is 0 Å². The van der Waals surface area contributed by atoms with E-state index in [1.165, 1.54) is 12.1 Å². The van der Waals surface area contributed by atoms with E-state index in [1.807, 2.05) is 13.8 Å². The lowest BCUT2D eigenvalue weighted by Gasteiger charge is -2.07. The maximum Gasteiger partial charge on any atom is 0.169 e. The lowest BCUT2D eigenvalue weighted by Crippen LogP contribution is -2.24. The van der Waals surface area contributed by atoms with E-state index >= 15 is 0 Å². The monoisotopic (exact) mass is 241 g/mol. The smallest absolute Gasteiger partial charge is 0.169 e. The van der Waals surface area contributed by atoms with Crippen molar-refractivity contribution < 1.29 is 13.6 Å². The second-order valence-electron chi connectivity index (χ2n) is 4.24. The minimum atomic E-state index is -1.05. The number of hydrogen-bond acceptors (Lipinski definition) is 2. The predicted octanol–water partition coefficient (Wildman–Crippen LogP) is 2.93. The molecular formula is C13H17F2NO. The highest BCUT2D eigenvalue weighted by atomic mass is 19.2. The zero-order valence-corrected chi connectivity index (χ0v) is 10.1. The van der Waals surface area contributed by atoms with Gasteiger partial charge in [-0.05, 0) is 25.1 Å². The van der Waals surface area contributed by atoms with Gasteiger partial charge in [0.1, 0.15) is 0 Å². The first-order valence-corrected chi connectivity index (χ1v) is 5.73. The molecule has 0 amide bonds. The fourth-order valence-corrected chi connectivity index (χ4v) is 1.49. The largest absolute Gasteiger partial charge is 0.315 e. The first-order chi connectivity index (χ1) is 8.02. The Morgan fingerprint density at radius 2 is 2.06 bits per heavy atom. The molecule has 0 spiro atoms. The van der Waals surface area contributed by atoms with Crippen LogP contribution < -0.4 is 5.32 Å². The molecule has 1 aromatic carbocycles. The van der Waals surface area contributed by atoms with Crippen LogP contribution in [0.25, 0.3) is 0 Å². The highest BCUT2D eigenvalue weighted by Crippen LogP contribution is 2.13. The van der Waals surface area contributed by atoms with Crippen LogP contribution in [0.15, 0.2) is 18.2 Å². The van der Waals surface area contributed by atoms with E-state index in [4.69, 9.17) is 0 Å². The summed E-state index contributed by atoms with van der Waals surface area (Å²) in [6.07, 6.45) is 0.840. The summed E-state index contributed by atoms with van der Waals surface area (Å²) in [4.78, 5) is 11.6. The summed E-state index contributed by atoms with van der Waals surface area (Å²) in [7, 11) is 0. The van der Waals surface area contributed by atoms with Crippen molar-refractivity contribution in [3.05, 3.63) is 35.4 Å². The summed E-state index contributed by atoms with van der Waals surface area (Å²) in [5.41, 5.74) is -0.158. The molecule has 0 aromatic heterocycles. The normalized spacial score (nSPS) is 10.9. The van der Waals surface area contributed by atoms with Crippen LogP contribution in [0.5, 0.6) is 0 Å². The van der Waals surface area contributed by atoms with Crippen molar-refractivity contribution in [3.63, 3.8) is 0 Å². The van der Waals surface area contributed by atoms with E-state index in [2.05, 4.69) is 5.32 Å². The standard InChI is InChI=1S/C13H17F2NO/c1-9(2)16-8-4-7-12(17)10-5-3-6-11(14)13(10)15/h3,5-6,9,16H,4,7-8H2,1-2H3. The molecule has 0 aliphatic heterocycles.